The van der Waals surface area contributed by atoms with Gasteiger partial charge >= 0.3 is 0 Å². The Morgan fingerprint density at radius 1 is 1.36 bits per heavy atom. The molecule has 0 spiro atoms. The number of hydrogen-bond acceptors (Lipinski definition) is 4. The Bertz CT molecular complexity index is 823. The fourth-order valence-electron chi connectivity index (χ4n) is 2.27. The van der Waals surface area contributed by atoms with Crippen molar-refractivity contribution in [2.24, 2.45) is 0 Å². The van der Waals surface area contributed by atoms with Crippen LogP contribution in [0.25, 0.3) is 16.9 Å². The molecule has 3 aromatic rings. The Labute approximate surface area is 128 Å². The summed E-state index contributed by atoms with van der Waals surface area (Å²) in [6.45, 7) is 5.78. The summed E-state index contributed by atoms with van der Waals surface area (Å²) in [6.07, 6.45) is 5.09. The molecule has 0 saturated heterocycles. The summed E-state index contributed by atoms with van der Waals surface area (Å²) in [5.41, 5.74) is 3.53. The molecule has 0 aliphatic carbocycles. The lowest BCUT2D eigenvalue weighted by Gasteiger charge is -2.08. The Kier molecular flexibility index (Phi) is 3.58. The van der Waals surface area contributed by atoms with Crippen LogP contribution in [0.5, 0.6) is 0 Å². The summed E-state index contributed by atoms with van der Waals surface area (Å²) < 4.78 is 1.81. The van der Waals surface area contributed by atoms with Gasteiger partial charge in [0.25, 0.3) is 5.91 Å². The second-order valence-corrected chi connectivity index (χ2v) is 5.44. The van der Waals surface area contributed by atoms with Gasteiger partial charge in [0.15, 0.2) is 11.3 Å². The van der Waals surface area contributed by atoms with Crippen LogP contribution in [0.2, 0.25) is 0 Å². The fourth-order valence-corrected chi connectivity index (χ4v) is 2.27. The quantitative estimate of drug-likeness (QED) is 0.804. The molecule has 3 rings (SSSR count). The van der Waals surface area contributed by atoms with Crippen molar-refractivity contribution >= 4 is 11.6 Å². The first-order valence-corrected chi connectivity index (χ1v) is 7.12. The number of aromatic nitrogens is 4. The zero-order chi connectivity index (χ0) is 15.7. The maximum absolute atomic E-state index is 12.3. The first-order chi connectivity index (χ1) is 10.6. The highest BCUT2D eigenvalue weighted by molar-refractivity contribution is 5.98. The molecule has 3 heterocycles. The van der Waals surface area contributed by atoms with Crippen LogP contribution in [0.15, 0.2) is 36.9 Å². The average Bonchev–Trinajstić information content (AvgIpc) is 2.92. The van der Waals surface area contributed by atoms with E-state index in [9.17, 15) is 4.79 Å². The van der Waals surface area contributed by atoms with Crippen LogP contribution in [0.4, 0.5) is 0 Å². The van der Waals surface area contributed by atoms with Gasteiger partial charge in [0.05, 0.1) is 5.69 Å². The Balaban J connectivity index is 2.13. The van der Waals surface area contributed by atoms with Gasteiger partial charge in [-0.3, -0.25) is 14.2 Å². The summed E-state index contributed by atoms with van der Waals surface area (Å²) in [4.78, 5) is 25.2. The van der Waals surface area contributed by atoms with Gasteiger partial charge in [-0.1, -0.05) is 0 Å². The zero-order valence-electron chi connectivity index (χ0n) is 12.7. The molecular weight excluding hydrogens is 278 g/mol. The van der Waals surface area contributed by atoms with E-state index in [0.717, 1.165) is 17.0 Å². The van der Waals surface area contributed by atoms with Crippen molar-refractivity contribution in [2.45, 2.75) is 26.8 Å². The number of hydrogen-bond donors (Lipinski definition) is 1. The average molecular weight is 295 g/mol. The van der Waals surface area contributed by atoms with E-state index in [1.54, 1.807) is 18.7 Å². The fraction of sp³-hybridized carbons (Fsp3) is 0.250. The van der Waals surface area contributed by atoms with Crippen LogP contribution in [0, 0.1) is 6.92 Å². The van der Waals surface area contributed by atoms with Crippen molar-refractivity contribution in [3.05, 3.63) is 48.3 Å². The number of nitrogens with zero attached hydrogens (tertiary/aromatic N) is 4. The molecule has 0 saturated carbocycles. The highest BCUT2D eigenvalue weighted by Crippen LogP contribution is 2.20. The van der Waals surface area contributed by atoms with Crippen LogP contribution in [0.1, 0.15) is 30.0 Å². The molecule has 0 bridgehead atoms. The topological polar surface area (TPSA) is 72.2 Å². The van der Waals surface area contributed by atoms with E-state index >= 15 is 0 Å². The summed E-state index contributed by atoms with van der Waals surface area (Å²) in [7, 11) is 0. The molecule has 6 nitrogen and oxygen atoms in total. The van der Waals surface area contributed by atoms with E-state index in [4.69, 9.17) is 0 Å². The maximum Gasteiger partial charge on any atom is 0.274 e. The molecular formula is C16H17N5O. The van der Waals surface area contributed by atoms with Gasteiger partial charge in [-0.05, 0) is 39.0 Å². The SMILES string of the molecule is Cc1cc(-c2cccnc2)nc2c(C(=O)NC(C)C)ncn12. The van der Waals surface area contributed by atoms with E-state index in [0.29, 0.717) is 11.3 Å². The number of carbonyl (C=O) groups excluding carboxylic acids is 1. The van der Waals surface area contributed by atoms with E-state index in [1.807, 2.05) is 43.4 Å². The molecule has 0 unspecified atom stereocenters. The zero-order valence-corrected chi connectivity index (χ0v) is 12.7. The number of rotatable bonds is 3. The summed E-state index contributed by atoms with van der Waals surface area (Å²) >= 11 is 0. The predicted octanol–water partition coefficient (Wildman–Crippen LogP) is 2.24. The Morgan fingerprint density at radius 2 is 2.18 bits per heavy atom. The number of nitrogens with one attached hydrogen (secondary N) is 1. The lowest BCUT2D eigenvalue weighted by atomic mass is 10.2. The van der Waals surface area contributed by atoms with Gasteiger partial charge in [-0.15, -0.1) is 0 Å². The molecule has 112 valence electrons. The molecule has 0 aromatic carbocycles. The lowest BCUT2D eigenvalue weighted by molar-refractivity contribution is 0.0940. The molecule has 1 amide bonds. The lowest BCUT2D eigenvalue weighted by Crippen LogP contribution is -2.30. The highest BCUT2D eigenvalue weighted by Gasteiger charge is 2.17. The third-order valence-corrected chi connectivity index (χ3v) is 3.29. The molecule has 3 aromatic heterocycles. The van der Waals surface area contributed by atoms with Gasteiger partial charge in [0.2, 0.25) is 0 Å². The molecule has 0 atom stereocenters. The minimum atomic E-state index is -0.215. The number of amides is 1. The second-order valence-electron chi connectivity index (χ2n) is 5.44. The van der Waals surface area contributed by atoms with E-state index < -0.39 is 0 Å². The van der Waals surface area contributed by atoms with Crippen molar-refractivity contribution in [3.63, 3.8) is 0 Å². The van der Waals surface area contributed by atoms with Crippen molar-refractivity contribution in [1.82, 2.24) is 24.7 Å². The van der Waals surface area contributed by atoms with Crippen LogP contribution in [-0.2, 0) is 0 Å². The number of aryl methyl sites for hydroxylation is 1. The van der Waals surface area contributed by atoms with Gasteiger partial charge in [0.1, 0.15) is 6.33 Å². The third-order valence-electron chi connectivity index (χ3n) is 3.29. The molecule has 0 aliphatic rings. The monoisotopic (exact) mass is 295 g/mol. The smallest absolute Gasteiger partial charge is 0.274 e. The van der Waals surface area contributed by atoms with Gasteiger partial charge in [-0.2, -0.15) is 0 Å². The molecule has 6 heteroatoms. The van der Waals surface area contributed by atoms with Gasteiger partial charge in [-0.25, -0.2) is 9.97 Å². The number of imidazole rings is 1. The van der Waals surface area contributed by atoms with Crippen LogP contribution in [0.3, 0.4) is 0 Å². The predicted molar refractivity (Wildman–Crippen MR) is 83.6 cm³/mol. The van der Waals surface area contributed by atoms with Crippen LogP contribution >= 0.6 is 0 Å². The van der Waals surface area contributed by atoms with E-state index in [2.05, 4.69) is 20.3 Å². The van der Waals surface area contributed by atoms with Crippen LogP contribution < -0.4 is 5.32 Å². The standard InChI is InChI=1S/C16H17N5O/c1-10(2)19-16(22)14-15-20-13(12-5-4-6-17-8-12)7-11(3)21(15)9-18-14/h4-10H,1-3H3,(H,19,22). The van der Waals surface area contributed by atoms with Gasteiger partial charge in [0, 0.05) is 29.7 Å². The van der Waals surface area contributed by atoms with E-state index in [1.165, 1.54) is 0 Å². The number of carbonyl (C=O) groups is 1. The molecule has 22 heavy (non-hydrogen) atoms. The largest absolute Gasteiger partial charge is 0.348 e. The van der Waals surface area contributed by atoms with Crippen molar-refractivity contribution in [1.29, 1.82) is 0 Å². The molecule has 0 radical (unpaired) electrons. The van der Waals surface area contributed by atoms with Crippen LogP contribution in [-0.4, -0.2) is 31.3 Å². The molecule has 0 aliphatic heterocycles. The third kappa shape index (κ3) is 2.55. The van der Waals surface area contributed by atoms with E-state index in [-0.39, 0.29) is 11.9 Å². The molecule has 0 fully saturated rings. The Morgan fingerprint density at radius 3 is 2.86 bits per heavy atom. The van der Waals surface area contributed by atoms with Crippen molar-refractivity contribution in [3.8, 4) is 11.3 Å². The summed E-state index contributed by atoms with van der Waals surface area (Å²) in [6, 6.07) is 5.80. The number of pyridine rings is 1. The minimum absolute atomic E-state index is 0.0480. The summed E-state index contributed by atoms with van der Waals surface area (Å²) in [5, 5.41) is 2.85. The Hall–Kier alpha value is -2.76. The van der Waals surface area contributed by atoms with Crippen molar-refractivity contribution in [2.75, 3.05) is 0 Å². The molecule has 1 N–H and O–H groups in total. The first kappa shape index (κ1) is 14.2. The number of fused-ring (bicyclic) bond motifs is 1. The second kappa shape index (κ2) is 5.55. The summed E-state index contributed by atoms with van der Waals surface area (Å²) in [5.74, 6) is -0.215. The first-order valence-electron chi connectivity index (χ1n) is 7.12. The highest BCUT2D eigenvalue weighted by atomic mass is 16.2. The van der Waals surface area contributed by atoms with Gasteiger partial charge < -0.3 is 5.32 Å². The normalized spacial score (nSPS) is 11.1. The van der Waals surface area contributed by atoms with Crippen molar-refractivity contribution < 1.29 is 4.79 Å². The maximum atomic E-state index is 12.3. The minimum Gasteiger partial charge on any atom is -0.348 e.